The van der Waals surface area contributed by atoms with E-state index in [-0.39, 0.29) is 5.54 Å². The molecule has 1 aliphatic carbocycles. The van der Waals surface area contributed by atoms with Crippen molar-refractivity contribution in [2.24, 2.45) is 0 Å². The van der Waals surface area contributed by atoms with Crippen LogP contribution < -0.4 is 0 Å². The highest BCUT2D eigenvalue weighted by Gasteiger charge is 2.36. The van der Waals surface area contributed by atoms with Gasteiger partial charge in [-0.3, -0.25) is 0 Å². The first-order valence-corrected chi connectivity index (χ1v) is 7.04. The number of aromatic nitrogens is 2. The molecule has 2 aromatic rings. The van der Waals surface area contributed by atoms with Crippen LogP contribution in [0.15, 0.2) is 18.2 Å². The van der Waals surface area contributed by atoms with Crippen molar-refractivity contribution < 1.29 is 5.11 Å². The maximum absolute atomic E-state index is 10.2. The standard InChI is InChI=1S/C16H22N2O/c1-11-17-13-7-6-12(15(2,3)19)10-14(13)18(11)16(4)8-5-9-16/h6-7,10,19H,5,8-9H2,1-4H3. The monoisotopic (exact) mass is 258 g/mol. The van der Waals surface area contributed by atoms with Gasteiger partial charge >= 0.3 is 0 Å². The molecule has 0 unspecified atom stereocenters. The zero-order valence-electron chi connectivity index (χ0n) is 12.2. The fraction of sp³-hybridized carbons (Fsp3) is 0.562. The second-order valence-electron chi connectivity index (χ2n) is 6.61. The van der Waals surface area contributed by atoms with Gasteiger partial charge in [-0.15, -0.1) is 0 Å². The Morgan fingerprint density at radius 2 is 2.00 bits per heavy atom. The molecule has 19 heavy (non-hydrogen) atoms. The fourth-order valence-electron chi connectivity index (χ4n) is 3.17. The molecule has 0 radical (unpaired) electrons. The third kappa shape index (κ3) is 1.88. The quantitative estimate of drug-likeness (QED) is 0.895. The van der Waals surface area contributed by atoms with Crippen molar-refractivity contribution in [3.8, 4) is 0 Å². The van der Waals surface area contributed by atoms with Crippen LogP contribution in [0.4, 0.5) is 0 Å². The molecule has 102 valence electrons. The number of aliphatic hydroxyl groups is 1. The minimum atomic E-state index is -0.808. The summed E-state index contributed by atoms with van der Waals surface area (Å²) in [6.45, 7) is 8.04. The Morgan fingerprint density at radius 3 is 2.53 bits per heavy atom. The Morgan fingerprint density at radius 1 is 1.32 bits per heavy atom. The predicted octanol–water partition coefficient (Wildman–Crippen LogP) is 3.47. The van der Waals surface area contributed by atoms with Crippen molar-refractivity contribution in [2.75, 3.05) is 0 Å². The van der Waals surface area contributed by atoms with Gasteiger partial charge in [-0.25, -0.2) is 4.98 Å². The Kier molecular flexibility index (Phi) is 2.55. The van der Waals surface area contributed by atoms with E-state index >= 15 is 0 Å². The van der Waals surface area contributed by atoms with E-state index in [1.54, 1.807) is 0 Å². The van der Waals surface area contributed by atoms with E-state index in [4.69, 9.17) is 0 Å². The molecule has 1 saturated carbocycles. The summed E-state index contributed by atoms with van der Waals surface area (Å²) in [4.78, 5) is 4.67. The van der Waals surface area contributed by atoms with Gasteiger partial charge in [-0.1, -0.05) is 6.07 Å². The van der Waals surface area contributed by atoms with Crippen molar-refractivity contribution in [3.63, 3.8) is 0 Å². The van der Waals surface area contributed by atoms with Gasteiger partial charge in [-0.2, -0.15) is 0 Å². The van der Waals surface area contributed by atoms with Crippen LogP contribution in [0, 0.1) is 6.92 Å². The number of nitrogens with zero attached hydrogens (tertiary/aromatic N) is 2. The molecule has 1 heterocycles. The smallest absolute Gasteiger partial charge is 0.107 e. The summed E-state index contributed by atoms with van der Waals surface area (Å²) in [6.07, 6.45) is 3.72. The van der Waals surface area contributed by atoms with Crippen LogP contribution in [0.5, 0.6) is 0 Å². The van der Waals surface area contributed by atoms with Crippen LogP contribution in [-0.4, -0.2) is 14.7 Å². The molecule has 0 atom stereocenters. The van der Waals surface area contributed by atoms with E-state index in [0.717, 1.165) is 22.4 Å². The minimum absolute atomic E-state index is 0.205. The first kappa shape index (κ1) is 12.7. The van der Waals surface area contributed by atoms with Gasteiger partial charge in [0.15, 0.2) is 0 Å². The van der Waals surface area contributed by atoms with Crippen molar-refractivity contribution in [1.82, 2.24) is 9.55 Å². The molecule has 0 aliphatic heterocycles. The van der Waals surface area contributed by atoms with Gasteiger partial charge in [0.05, 0.1) is 16.6 Å². The average Bonchev–Trinajstić information content (AvgIpc) is 2.60. The van der Waals surface area contributed by atoms with E-state index < -0.39 is 5.60 Å². The number of hydrogen-bond acceptors (Lipinski definition) is 2. The number of benzene rings is 1. The summed E-state index contributed by atoms with van der Waals surface area (Å²) in [6, 6.07) is 6.09. The largest absolute Gasteiger partial charge is 0.386 e. The second-order valence-corrected chi connectivity index (χ2v) is 6.61. The van der Waals surface area contributed by atoms with Crippen molar-refractivity contribution in [1.29, 1.82) is 0 Å². The van der Waals surface area contributed by atoms with Crippen LogP contribution in [0.25, 0.3) is 11.0 Å². The van der Waals surface area contributed by atoms with Crippen LogP contribution >= 0.6 is 0 Å². The third-order valence-corrected chi connectivity index (χ3v) is 4.50. The van der Waals surface area contributed by atoms with Crippen molar-refractivity contribution in [2.45, 2.75) is 58.1 Å². The molecule has 1 aromatic heterocycles. The average molecular weight is 258 g/mol. The minimum Gasteiger partial charge on any atom is -0.386 e. The van der Waals surface area contributed by atoms with E-state index in [9.17, 15) is 5.11 Å². The normalized spacial score (nSPS) is 18.6. The lowest BCUT2D eigenvalue weighted by Crippen LogP contribution is -2.37. The Hall–Kier alpha value is -1.35. The molecule has 3 nitrogen and oxygen atoms in total. The molecule has 1 N–H and O–H groups in total. The Labute approximate surface area is 114 Å². The zero-order chi connectivity index (χ0) is 13.8. The number of imidazole rings is 1. The second kappa shape index (κ2) is 3.83. The number of hydrogen-bond donors (Lipinski definition) is 1. The van der Waals surface area contributed by atoms with E-state index in [1.165, 1.54) is 19.3 Å². The molecule has 0 amide bonds. The molecule has 1 fully saturated rings. The van der Waals surface area contributed by atoms with Gasteiger partial charge in [0, 0.05) is 5.54 Å². The number of fused-ring (bicyclic) bond motifs is 1. The summed E-state index contributed by atoms with van der Waals surface area (Å²) in [5.74, 6) is 1.07. The molecule has 0 saturated heterocycles. The zero-order valence-corrected chi connectivity index (χ0v) is 12.2. The highest BCUT2D eigenvalue weighted by Crippen LogP contribution is 2.41. The van der Waals surface area contributed by atoms with Gasteiger partial charge in [0.2, 0.25) is 0 Å². The maximum Gasteiger partial charge on any atom is 0.107 e. The molecule has 1 aromatic carbocycles. The first-order chi connectivity index (χ1) is 8.81. The Balaban J connectivity index is 2.23. The third-order valence-electron chi connectivity index (χ3n) is 4.50. The molecular formula is C16H22N2O. The summed E-state index contributed by atoms with van der Waals surface area (Å²) in [5.41, 5.74) is 2.52. The molecular weight excluding hydrogens is 236 g/mol. The molecule has 3 rings (SSSR count). The van der Waals surface area contributed by atoms with Gasteiger partial charge in [0.1, 0.15) is 5.82 Å². The highest BCUT2D eigenvalue weighted by molar-refractivity contribution is 5.77. The maximum atomic E-state index is 10.2. The molecule has 0 bridgehead atoms. The summed E-state index contributed by atoms with van der Waals surface area (Å²) < 4.78 is 2.36. The van der Waals surface area contributed by atoms with Gasteiger partial charge in [-0.05, 0) is 64.7 Å². The van der Waals surface area contributed by atoms with Crippen molar-refractivity contribution in [3.05, 3.63) is 29.6 Å². The molecule has 0 spiro atoms. The van der Waals surface area contributed by atoms with Crippen LogP contribution in [-0.2, 0) is 11.1 Å². The first-order valence-electron chi connectivity index (χ1n) is 7.04. The van der Waals surface area contributed by atoms with E-state index in [0.29, 0.717) is 0 Å². The van der Waals surface area contributed by atoms with Crippen LogP contribution in [0.1, 0.15) is 51.4 Å². The van der Waals surface area contributed by atoms with Crippen molar-refractivity contribution >= 4 is 11.0 Å². The topological polar surface area (TPSA) is 38.1 Å². The van der Waals surface area contributed by atoms with Crippen LogP contribution in [0.2, 0.25) is 0 Å². The summed E-state index contributed by atoms with van der Waals surface area (Å²) >= 11 is 0. The van der Waals surface area contributed by atoms with Crippen LogP contribution in [0.3, 0.4) is 0 Å². The van der Waals surface area contributed by atoms with E-state index in [2.05, 4.69) is 29.5 Å². The molecule has 3 heteroatoms. The Bertz CT molecular complexity index is 630. The highest BCUT2D eigenvalue weighted by atomic mass is 16.3. The van der Waals surface area contributed by atoms with E-state index in [1.807, 2.05) is 26.0 Å². The number of aryl methyl sites for hydroxylation is 1. The number of rotatable bonds is 2. The molecule has 1 aliphatic rings. The lowest BCUT2D eigenvalue weighted by Gasteiger charge is -2.41. The SMILES string of the molecule is Cc1nc2ccc(C(C)(C)O)cc2n1C1(C)CCC1. The predicted molar refractivity (Wildman–Crippen MR) is 77.2 cm³/mol. The lowest BCUT2D eigenvalue weighted by atomic mass is 9.78. The lowest BCUT2D eigenvalue weighted by molar-refractivity contribution is 0.0786. The summed E-state index contributed by atoms with van der Waals surface area (Å²) in [5, 5.41) is 10.2. The van der Waals surface area contributed by atoms with Gasteiger partial charge in [0.25, 0.3) is 0 Å². The fourth-order valence-corrected chi connectivity index (χ4v) is 3.17. The van der Waals surface area contributed by atoms with Gasteiger partial charge < -0.3 is 9.67 Å². The summed E-state index contributed by atoms with van der Waals surface area (Å²) in [7, 11) is 0.